The van der Waals surface area contributed by atoms with Crippen LogP contribution in [0.3, 0.4) is 0 Å². The van der Waals surface area contributed by atoms with Gasteiger partial charge in [-0.25, -0.2) is 12.8 Å². The van der Waals surface area contributed by atoms with Gasteiger partial charge in [0, 0.05) is 11.4 Å². The molecule has 0 unspecified atom stereocenters. The number of carbonyl (C=O) groups excluding carboxylic acids is 1. The molecule has 2 aromatic rings. The standard InChI is InChI=1S/C17H17FN2O3S/c1-10-8-12(5-6-14(10)18)24(22,23)20-11-4-7-15-13(9-11)17(2,3)16(21)19-15/h4-9,20H,1-3H3,(H,19,21). The van der Waals surface area contributed by atoms with Gasteiger partial charge >= 0.3 is 0 Å². The van der Waals surface area contributed by atoms with E-state index in [1.54, 1.807) is 32.0 Å². The summed E-state index contributed by atoms with van der Waals surface area (Å²) in [7, 11) is -3.84. The van der Waals surface area contributed by atoms with E-state index in [1.165, 1.54) is 19.1 Å². The minimum absolute atomic E-state index is 0.0182. The third-order valence-electron chi connectivity index (χ3n) is 4.20. The fourth-order valence-electron chi connectivity index (χ4n) is 2.63. The smallest absolute Gasteiger partial charge is 0.261 e. The van der Waals surface area contributed by atoms with Crippen LogP contribution in [-0.4, -0.2) is 14.3 Å². The summed E-state index contributed by atoms with van der Waals surface area (Å²) in [6, 6.07) is 8.50. The number of hydrogen-bond donors (Lipinski definition) is 2. The average molecular weight is 348 g/mol. The molecule has 0 bridgehead atoms. The number of anilines is 2. The van der Waals surface area contributed by atoms with Gasteiger partial charge in [0.15, 0.2) is 0 Å². The Balaban J connectivity index is 1.96. The van der Waals surface area contributed by atoms with Crippen LogP contribution < -0.4 is 10.0 Å². The summed E-state index contributed by atoms with van der Waals surface area (Å²) in [6.07, 6.45) is 0. The minimum Gasteiger partial charge on any atom is -0.325 e. The van der Waals surface area contributed by atoms with Crippen molar-refractivity contribution in [2.24, 2.45) is 0 Å². The van der Waals surface area contributed by atoms with Crippen molar-refractivity contribution in [1.29, 1.82) is 0 Å². The van der Waals surface area contributed by atoms with Crippen LogP contribution in [0.5, 0.6) is 0 Å². The van der Waals surface area contributed by atoms with Crippen molar-refractivity contribution < 1.29 is 17.6 Å². The zero-order valence-electron chi connectivity index (χ0n) is 13.5. The molecule has 0 fully saturated rings. The molecule has 1 heterocycles. The number of aryl methyl sites for hydroxylation is 1. The highest BCUT2D eigenvalue weighted by Crippen LogP contribution is 2.39. The molecule has 1 aliphatic rings. The third-order valence-corrected chi connectivity index (χ3v) is 5.58. The lowest BCUT2D eigenvalue weighted by Crippen LogP contribution is -2.26. The van der Waals surface area contributed by atoms with Gasteiger partial charge in [-0.2, -0.15) is 0 Å². The first-order valence-corrected chi connectivity index (χ1v) is 8.84. The van der Waals surface area contributed by atoms with Crippen molar-refractivity contribution in [2.45, 2.75) is 31.1 Å². The molecule has 0 aromatic heterocycles. The first-order chi connectivity index (χ1) is 11.1. The Hall–Kier alpha value is -2.41. The molecule has 3 rings (SSSR count). The highest BCUT2D eigenvalue weighted by atomic mass is 32.2. The quantitative estimate of drug-likeness (QED) is 0.895. The molecule has 2 aromatic carbocycles. The summed E-state index contributed by atoms with van der Waals surface area (Å²) in [5, 5.41) is 2.77. The summed E-state index contributed by atoms with van der Waals surface area (Å²) < 4.78 is 40.8. The van der Waals surface area contributed by atoms with Gasteiger partial charge in [0.2, 0.25) is 5.91 Å². The fourth-order valence-corrected chi connectivity index (χ4v) is 3.77. The van der Waals surface area contributed by atoms with Gasteiger partial charge in [-0.3, -0.25) is 9.52 Å². The number of hydrogen-bond acceptors (Lipinski definition) is 3. The van der Waals surface area contributed by atoms with Crippen molar-refractivity contribution in [1.82, 2.24) is 0 Å². The largest absolute Gasteiger partial charge is 0.325 e. The monoisotopic (exact) mass is 348 g/mol. The molecule has 0 radical (unpaired) electrons. The van der Waals surface area contributed by atoms with E-state index in [-0.39, 0.29) is 16.4 Å². The maximum Gasteiger partial charge on any atom is 0.261 e. The summed E-state index contributed by atoms with van der Waals surface area (Å²) in [4.78, 5) is 11.9. The van der Waals surface area contributed by atoms with E-state index in [0.29, 0.717) is 11.4 Å². The Morgan fingerprint density at radius 3 is 2.50 bits per heavy atom. The topological polar surface area (TPSA) is 75.3 Å². The second-order valence-corrected chi connectivity index (χ2v) is 8.04. The SMILES string of the molecule is Cc1cc(S(=O)(=O)Nc2ccc3c(c2)C(C)(C)C(=O)N3)ccc1F. The van der Waals surface area contributed by atoms with Crippen LogP contribution in [0.4, 0.5) is 15.8 Å². The van der Waals surface area contributed by atoms with Crippen molar-refractivity contribution in [3.05, 3.63) is 53.3 Å². The van der Waals surface area contributed by atoms with Crippen LogP contribution in [0.15, 0.2) is 41.3 Å². The Bertz CT molecular complexity index is 952. The van der Waals surface area contributed by atoms with E-state index in [9.17, 15) is 17.6 Å². The Morgan fingerprint density at radius 1 is 1.12 bits per heavy atom. The van der Waals surface area contributed by atoms with Crippen molar-refractivity contribution in [2.75, 3.05) is 10.0 Å². The lowest BCUT2D eigenvalue weighted by molar-refractivity contribution is -0.119. The molecule has 5 nitrogen and oxygen atoms in total. The second-order valence-electron chi connectivity index (χ2n) is 6.36. The normalized spacial score (nSPS) is 15.8. The second kappa shape index (κ2) is 5.31. The number of nitrogens with one attached hydrogen (secondary N) is 2. The van der Waals surface area contributed by atoms with Crippen molar-refractivity contribution in [3.8, 4) is 0 Å². The molecule has 1 amide bonds. The molecule has 1 aliphatic heterocycles. The predicted molar refractivity (Wildman–Crippen MR) is 90.0 cm³/mol. The highest BCUT2D eigenvalue weighted by Gasteiger charge is 2.38. The number of rotatable bonds is 3. The van der Waals surface area contributed by atoms with E-state index < -0.39 is 21.3 Å². The summed E-state index contributed by atoms with van der Waals surface area (Å²) in [6.45, 7) is 5.05. The zero-order valence-corrected chi connectivity index (χ0v) is 14.3. The molecule has 0 saturated carbocycles. The molecule has 24 heavy (non-hydrogen) atoms. The van der Waals surface area contributed by atoms with Crippen molar-refractivity contribution >= 4 is 27.3 Å². The number of amides is 1. The van der Waals surface area contributed by atoms with Crippen LogP contribution in [0, 0.1) is 12.7 Å². The molecule has 0 aliphatic carbocycles. The molecule has 7 heteroatoms. The van der Waals surface area contributed by atoms with Gasteiger partial charge in [0.1, 0.15) is 5.82 Å². The van der Waals surface area contributed by atoms with Gasteiger partial charge < -0.3 is 5.32 Å². The first kappa shape index (κ1) is 16.4. The van der Waals surface area contributed by atoms with Crippen LogP contribution in [0.25, 0.3) is 0 Å². The number of fused-ring (bicyclic) bond motifs is 1. The number of halogens is 1. The summed E-state index contributed by atoms with van der Waals surface area (Å²) in [5.41, 5.74) is 1.26. The van der Waals surface area contributed by atoms with Gasteiger partial charge in [0.25, 0.3) is 10.0 Å². The summed E-state index contributed by atoms with van der Waals surface area (Å²) in [5.74, 6) is -0.593. The predicted octanol–water partition coefficient (Wildman–Crippen LogP) is 3.16. The molecule has 0 atom stereocenters. The molecule has 0 spiro atoms. The van der Waals surface area contributed by atoms with E-state index in [2.05, 4.69) is 10.0 Å². The molecule has 126 valence electrons. The molecular weight excluding hydrogens is 331 g/mol. The van der Waals surface area contributed by atoms with Gasteiger partial charge in [-0.05, 0) is 68.3 Å². The van der Waals surface area contributed by atoms with Gasteiger partial charge in [-0.1, -0.05) is 0 Å². The minimum atomic E-state index is -3.84. The Kier molecular flexibility index (Phi) is 3.64. The number of carbonyl (C=O) groups is 1. The van der Waals surface area contributed by atoms with Crippen molar-refractivity contribution in [3.63, 3.8) is 0 Å². The fraction of sp³-hybridized carbons (Fsp3) is 0.235. The maximum absolute atomic E-state index is 13.3. The van der Waals surface area contributed by atoms with E-state index in [4.69, 9.17) is 0 Å². The van der Waals surface area contributed by atoms with Crippen LogP contribution in [0.1, 0.15) is 25.0 Å². The maximum atomic E-state index is 13.3. The Labute approximate surface area is 139 Å². The van der Waals surface area contributed by atoms with Crippen LogP contribution in [0.2, 0.25) is 0 Å². The van der Waals surface area contributed by atoms with E-state index in [0.717, 1.165) is 11.6 Å². The van der Waals surface area contributed by atoms with Gasteiger partial charge in [-0.15, -0.1) is 0 Å². The van der Waals surface area contributed by atoms with E-state index in [1.807, 2.05) is 0 Å². The summed E-state index contributed by atoms with van der Waals surface area (Å²) >= 11 is 0. The lowest BCUT2D eigenvalue weighted by Gasteiger charge is -2.16. The number of sulfonamides is 1. The van der Waals surface area contributed by atoms with E-state index >= 15 is 0 Å². The third kappa shape index (κ3) is 2.65. The van der Waals surface area contributed by atoms with Crippen LogP contribution >= 0.6 is 0 Å². The Morgan fingerprint density at radius 2 is 1.83 bits per heavy atom. The number of benzene rings is 2. The average Bonchev–Trinajstić information content (AvgIpc) is 2.72. The highest BCUT2D eigenvalue weighted by molar-refractivity contribution is 7.92. The molecule has 0 saturated heterocycles. The zero-order chi connectivity index (χ0) is 17.7. The first-order valence-electron chi connectivity index (χ1n) is 7.36. The molecular formula is C17H17FN2O3S. The lowest BCUT2D eigenvalue weighted by atomic mass is 9.86. The molecule has 2 N–H and O–H groups in total. The van der Waals surface area contributed by atoms with Crippen LogP contribution in [-0.2, 0) is 20.2 Å². The van der Waals surface area contributed by atoms with Gasteiger partial charge in [0.05, 0.1) is 10.3 Å².